The maximum absolute atomic E-state index is 15.1. The first-order valence-electron chi connectivity index (χ1n) is 19.8. The van der Waals surface area contributed by atoms with E-state index in [4.69, 9.17) is 37.9 Å². The molecule has 1 N–H and O–H groups in total. The second-order valence-electron chi connectivity index (χ2n) is 18.0. The SMILES string of the molecule is C/C=C\C(=C/C)C(OC(C)=O)C(C)(C)C1C(C(=O)C(C)C)C(=O)OC2C13OC1(C)OC3(CC)C3(C)C(CC(=O)OC)C4(C)CC3(O1)C2(OC(=O)CO)C4OC(C)=O. The molecule has 3 aliphatic carbocycles. The zero-order valence-corrected chi connectivity index (χ0v) is 35.3. The first kappa shape index (κ1) is 42.9. The molecular formula is C42H58O15. The van der Waals surface area contributed by atoms with Gasteiger partial charge in [-0.25, -0.2) is 4.79 Å². The maximum atomic E-state index is 15.1. The van der Waals surface area contributed by atoms with Gasteiger partial charge in [-0.3, -0.25) is 24.0 Å². The molecule has 2 spiro atoms. The molecule has 6 rings (SSSR count). The molecule has 0 amide bonds. The number of carbonyl (C=O) groups excluding carboxylic acids is 6. The highest BCUT2D eigenvalue weighted by Gasteiger charge is 3.05. The highest BCUT2D eigenvalue weighted by Crippen LogP contribution is 2.89. The van der Waals surface area contributed by atoms with Gasteiger partial charge in [0, 0.05) is 55.3 Å². The third kappa shape index (κ3) is 4.97. The van der Waals surface area contributed by atoms with Crippen LogP contribution < -0.4 is 0 Å². The number of ketones is 1. The molecule has 57 heavy (non-hydrogen) atoms. The summed E-state index contributed by atoms with van der Waals surface area (Å²) in [6.07, 6.45) is 0.848. The summed E-state index contributed by atoms with van der Waals surface area (Å²) in [5.74, 6) is -11.1. The summed E-state index contributed by atoms with van der Waals surface area (Å²) in [7, 11) is 1.26. The fourth-order valence-corrected chi connectivity index (χ4v) is 13.3. The molecule has 3 saturated heterocycles. The Morgan fingerprint density at radius 1 is 1.00 bits per heavy atom. The van der Waals surface area contributed by atoms with E-state index in [0.717, 1.165) is 0 Å². The van der Waals surface area contributed by atoms with Gasteiger partial charge in [-0.1, -0.05) is 66.7 Å². The molecule has 0 aromatic heterocycles. The Balaban J connectivity index is 1.85. The van der Waals surface area contributed by atoms with Crippen molar-refractivity contribution in [3.8, 4) is 0 Å². The van der Waals surface area contributed by atoms with Crippen molar-refractivity contribution in [1.82, 2.24) is 0 Å². The molecular weight excluding hydrogens is 744 g/mol. The van der Waals surface area contributed by atoms with Crippen LogP contribution in [0.1, 0.15) is 102 Å². The predicted octanol–water partition coefficient (Wildman–Crippen LogP) is 4.06. The zero-order chi connectivity index (χ0) is 42.7. The van der Waals surface area contributed by atoms with Crippen LogP contribution in [0.5, 0.6) is 0 Å². The van der Waals surface area contributed by atoms with Crippen LogP contribution in [0.3, 0.4) is 0 Å². The first-order chi connectivity index (χ1) is 26.4. The van der Waals surface area contributed by atoms with Crippen molar-refractivity contribution in [1.29, 1.82) is 0 Å². The summed E-state index contributed by atoms with van der Waals surface area (Å²) in [5, 5.41) is 10.4. The van der Waals surface area contributed by atoms with E-state index in [0.29, 0.717) is 5.57 Å². The number of Topliss-reactive ketones (excluding diaryl/α,β-unsaturated/α-hetero) is 1. The lowest BCUT2D eigenvalue weighted by molar-refractivity contribution is -0.475. The predicted molar refractivity (Wildman–Crippen MR) is 197 cm³/mol. The molecule has 3 aliphatic heterocycles. The fourth-order valence-electron chi connectivity index (χ4n) is 13.3. The Kier molecular flexibility index (Phi) is 10.1. The molecule has 3 heterocycles. The van der Waals surface area contributed by atoms with Crippen molar-refractivity contribution in [2.75, 3.05) is 13.7 Å². The van der Waals surface area contributed by atoms with Crippen LogP contribution in [0.15, 0.2) is 23.8 Å². The number of hydrogen-bond donors (Lipinski definition) is 1. The number of carbonyl (C=O) groups is 6. The number of esters is 5. The van der Waals surface area contributed by atoms with Gasteiger partial charge >= 0.3 is 29.8 Å². The van der Waals surface area contributed by atoms with E-state index in [2.05, 4.69) is 0 Å². The van der Waals surface area contributed by atoms with Gasteiger partial charge in [0.2, 0.25) is 5.60 Å². The van der Waals surface area contributed by atoms with Crippen LogP contribution in [0, 0.1) is 39.9 Å². The smallest absolute Gasteiger partial charge is 0.332 e. The molecule has 13 atom stereocenters. The van der Waals surface area contributed by atoms with Gasteiger partial charge in [0.05, 0.1) is 7.11 Å². The minimum atomic E-state index is -2.27. The lowest BCUT2D eigenvalue weighted by atomic mass is 9.35. The summed E-state index contributed by atoms with van der Waals surface area (Å²) < 4.78 is 52.5. The number of allylic oxidation sites excluding steroid dienone is 2. The number of hydrogen-bond acceptors (Lipinski definition) is 15. The van der Waals surface area contributed by atoms with Crippen molar-refractivity contribution >= 4 is 35.6 Å². The molecule has 3 saturated carbocycles. The molecule has 13 unspecified atom stereocenters. The monoisotopic (exact) mass is 802 g/mol. The molecule has 6 aliphatic rings. The van der Waals surface area contributed by atoms with Crippen molar-refractivity contribution in [2.45, 2.75) is 149 Å². The molecule has 15 nitrogen and oxygen atoms in total. The van der Waals surface area contributed by atoms with Gasteiger partial charge < -0.3 is 43.0 Å². The largest absolute Gasteiger partial charge is 0.469 e. The van der Waals surface area contributed by atoms with Crippen LogP contribution in [0.25, 0.3) is 0 Å². The lowest BCUT2D eigenvalue weighted by Gasteiger charge is -2.76. The number of fused-ring (bicyclic) bond motifs is 3. The van der Waals surface area contributed by atoms with Crippen molar-refractivity contribution < 1.29 is 71.8 Å². The minimum Gasteiger partial charge on any atom is -0.469 e. The van der Waals surface area contributed by atoms with Crippen LogP contribution in [0.4, 0.5) is 0 Å². The van der Waals surface area contributed by atoms with Gasteiger partial charge in [0.15, 0.2) is 12.2 Å². The quantitative estimate of drug-likeness (QED) is 0.121. The molecule has 316 valence electrons. The minimum absolute atomic E-state index is 0.00843. The van der Waals surface area contributed by atoms with Crippen LogP contribution in [0.2, 0.25) is 0 Å². The second kappa shape index (κ2) is 13.4. The van der Waals surface area contributed by atoms with Crippen LogP contribution in [-0.4, -0.2) is 101 Å². The topological polar surface area (TPSA) is 196 Å². The molecule has 4 bridgehead atoms. The summed E-state index contributed by atoms with van der Waals surface area (Å²) in [6.45, 7) is 18.8. The standard InChI is InChI=1S/C42H58O15/c1-14-17-24(15-2)31(51-22(6)44)35(8,9)30-28(29(48)21(4)5)32(49)53-34-41(30)39(16-3)37(11)25(18-26(46)50-13)36(10)20-40(37,56-38(12,55-39)57-41)42(34,54-27(47)19-43)33(36)52-23(7)45/h14-15,17,21,25,28,30-31,33-34,43H,16,18-20H2,1-13H3/b17-14-,24-15+. The van der Waals surface area contributed by atoms with E-state index in [9.17, 15) is 29.1 Å². The highest BCUT2D eigenvalue weighted by atomic mass is 16.9. The van der Waals surface area contributed by atoms with Crippen molar-refractivity contribution in [3.05, 3.63) is 23.8 Å². The third-order valence-corrected chi connectivity index (χ3v) is 14.6. The van der Waals surface area contributed by atoms with Gasteiger partial charge in [0.1, 0.15) is 41.2 Å². The van der Waals surface area contributed by atoms with E-state index in [1.807, 2.05) is 13.8 Å². The average Bonchev–Trinajstić information content (AvgIpc) is 3.55. The third-order valence-electron chi connectivity index (χ3n) is 14.6. The number of ether oxygens (including phenoxy) is 8. The van der Waals surface area contributed by atoms with Gasteiger partial charge in [0.25, 0.3) is 5.97 Å². The van der Waals surface area contributed by atoms with E-state index in [1.165, 1.54) is 21.0 Å². The van der Waals surface area contributed by atoms with Crippen LogP contribution in [-0.2, 0) is 66.7 Å². The lowest BCUT2D eigenvalue weighted by Crippen LogP contribution is -2.94. The maximum Gasteiger partial charge on any atom is 0.332 e. The van der Waals surface area contributed by atoms with Crippen molar-refractivity contribution in [3.63, 3.8) is 0 Å². The Hall–Kier alpha value is -3.66. The molecule has 0 aromatic carbocycles. The first-order valence-corrected chi connectivity index (χ1v) is 19.8. The Bertz CT molecular complexity index is 1830. The Morgan fingerprint density at radius 2 is 1.65 bits per heavy atom. The van der Waals surface area contributed by atoms with Crippen LogP contribution >= 0.6 is 0 Å². The summed E-state index contributed by atoms with van der Waals surface area (Å²) >= 11 is 0. The normalized spacial score (nSPS) is 43.1. The fraction of sp³-hybridized carbons (Fsp3) is 0.762. The van der Waals surface area contributed by atoms with Crippen molar-refractivity contribution in [2.24, 2.45) is 39.9 Å². The Morgan fingerprint density at radius 3 is 2.16 bits per heavy atom. The average molecular weight is 803 g/mol. The van der Waals surface area contributed by atoms with Gasteiger partial charge in [-0.2, -0.15) is 0 Å². The summed E-state index contributed by atoms with van der Waals surface area (Å²) in [5.41, 5.74) is -11.4. The second-order valence-corrected chi connectivity index (χ2v) is 18.0. The van der Waals surface area contributed by atoms with E-state index >= 15 is 4.79 Å². The highest BCUT2D eigenvalue weighted by molar-refractivity contribution is 6.01. The van der Waals surface area contributed by atoms with E-state index in [1.54, 1.807) is 73.6 Å². The molecule has 15 heteroatoms. The number of methoxy groups -OCH3 is 1. The Labute approximate surface area is 333 Å². The van der Waals surface area contributed by atoms with E-state index < -0.39 is 129 Å². The molecule has 0 radical (unpaired) electrons. The number of rotatable bonds is 13. The summed E-state index contributed by atoms with van der Waals surface area (Å²) in [4.78, 5) is 83.7. The molecule has 6 fully saturated rings. The van der Waals surface area contributed by atoms with E-state index in [-0.39, 0.29) is 19.3 Å². The number of aliphatic hydroxyl groups is 1. The molecule has 0 aromatic rings. The van der Waals surface area contributed by atoms with Gasteiger partial charge in [-0.05, 0) is 38.2 Å². The zero-order valence-electron chi connectivity index (χ0n) is 35.3. The van der Waals surface area contributed by atoms with Gasteiger partial charge in [-0.15, -0.1) is 0 Å². The number of aliphatic hydroxyl groups excluding tert-OH is 1. The summed E-state index contributed by atoms with van der Waals surface area (Å²) in [6, 6.07) is 0.